The third-order valence-electron chi connectivity index (χ3n) is 6.68. The van der Waals surface area contributed by atoms with E-state index in [0.717, 1.165) is 11.1 Å². The first-order valence-electron chi connectivity index (χ1n) is 12.7. The summed E-state index contributed by atoms with van der Waals surface area (Å²) in [4.78, 5) is 47.0. The number of carbonyl (C=O) groups is 3. The van der Waals surface area contributed by atoms with E-state index in [-0.39, 0.29) is 23.9 Å². The van der Waals surface area contributed by atoms with E-state index in [0.29, 0.717) is 44.6 Å². The number of hydrazine groups is 1. The Morgan fingerprint density at radius 3 is 2.72 bits per heavy atom. The Kier molecular flexibility index (Phi) is 10.0. The van der Waals surface area contributed by atoms with E-state index in [1.165, 1.54) is 29.0 Å². The van der Waals surface area contributed by atoms with Gasteiger partial charge in [0, 0.05) is 52.3 Å². The van der Waals surface area contributed by atoms with Crippen molar-refractivity contribution in [2.24, 2.45) is 0 Å². The summed E-state index contributed by atoms with van der Waals surface area (Å²) >= 11 is 6.10. The van der Waals surface area contributed by atoms with Crippen molar-refractivity contribution in [1.29, 1.82) is 0 Å². The number of halogens is 2. The quantitative estimate of drug-likeness (QED) is 0.304. The van der Waals surface area contributed by atoms with Crippen LogP contribution in [0.15, 0.2) is 48.7 Å². The van der Waals surface area contributed by atoms with Gasteiger partial charge >= 0.3 is 6.03 Å². The number of urea groups is 1. The second-order valence-electron chi connectivity index (χ2n) is 9.25. The molecule has 12 heteroatoms. The fourth-order valence-corrected chi connectivity index (χ4v) is 4.85. The molecular formula is C27H32ClFN6O4. The highest BCUT2D eigenvalue weighted by molar-refractivity contribution is 6.31. The molecule has 2 aliphatic heterocycles. The maximum Gasteiger partial charge on any atom is 0.345 e. The molecule has 2 aromatic rings. The smallest absolute Gasteiger partial charge is 0.314 e. The van der Waals surface area contributed by atoms with Gasteiger partial charge in [-0.15, -0.1) is 0 Å². The predicted molar refractivity (Wildman–Crippen MR) is 144 cm³/mol. The van der Waals surface area contributed by atoms with Crippen LogP contribution in [0.25, 0.3) is 6.08 Å². The molecule has 3 amide bonds. The zero-order valence-corrected chi connectivity index (χ0v) is 22.4. The summed E-state index contributed by atoms with van der Waals surface area (Å²) in [6, 6.07) is 10.9. The van der Waals surface area contributed by atoms with Crippen LogP contribution in [0.5, 0.6) is 0 Å². The highest BCUT2D eigenvalue weighted by atomic mass is 35.5. The number of hydrogen-bond donors (Lipinski definition) is 3. The molecule has 2 heterocycles. The number of nitrogens with one attached hydrogen (secondary N) is 3. The molecule has 1 fully saturated rings. The Morgan fingerprint density at radius 1 is 1.21 bits per heavy atom. The van der Waals surface area contributed by atoms with Crippen LogP contribution >= 0.6 is 11.6 Å². The maximum atomic E-state index is 14.0. The minimum absolute atomic E-state index is 0.0319. The molecular weight excluding hydrogens is 527 g/mol. The minimum atomic E-state index is -0.860. The lowest BCUT2D eigenvalue weighted by atomic mass is 10.0. The number of rotatable bonds is 10. The second-order valence-corrected chi connectivity index (χ2v) is 9.63. The molecule has 0 aromatic heterocycles. The van der Waals surface area contributed by atoms with Gasteiger partial charge in [-0.1, -0.05) is 48.0 Å². The molecule has 0 spiro atoms. The van der Waals surface area contributed by atoms with E-state index in [9.17, 15) is 18.8 Å². The standard InChI is InChI=1S/C27H32ClFN6O4/c1-19(37)35(31-17-21-7-4-8-23(29)25(21)28)24(10-16-36)26(33-14-11-30-12-15-33)39-32-27(38)34-13-9-20-5-2-3-6-22(20)18-34/h2-9,13,16,24,26,30-31H,10-12,14-15,17-18H2,1H3,(H,32,38)/t24-,26?/m0/s1. The van der Waals surface area contributed by atoms with Crippen LogP contribution in [0.2, 0.25) is 5.02 Å². The number of benzene rings is 2. The Balaban J connectivity index is 1.51. The molecule has 0 aliphatic carbocycles. The normalized spacial score (nSPS) is 16.7. The summed E-state index contributed by atoms with van der Waals surface area (Å²) < 4.78 is 14.0. The van der Waals surface area contributed by atoms with E-state index in [2.05, 4.69) is 16.2 Å². The van der Waals surface area contributed by atoms with Crippen LogP contribution in [0.4, 0.5) is 9.18 Å². The fraction of sp³-hybridized carbons (Fsp3) is 0.370. The molecule has 2 aromatic carbocycles. The Bertz CT molecular complexity index is 1210. The number of aldehydes is 1. The lowest BCUT2D eigenvalue weighted by molar-refractivity contribution is -0.164. The van der Waals surface area contributed by atoms with Crippen molar-refractivity contribution < 1.29 is 23.6 Å². The van der Waals surface area contributed by atoms with Gasteiger partial charge in [-0.05, 0) is 28.8 Å². The van der Waals surface area contributed by atoms with E-state index in [4.69, 9.17) is 16.4 Å². The predicted octanol–water partition coefficient (Wildman–Crippen LogP) is 2.65. The van der Waals surface area contributed by atoms with Crippen molar-refractivity contribution in [3.63, 3.8) is 0 Å². The number of fused-ring (bicyclic) bond motifs is 1. The van der Waals surface area contributed by atoms with E-state index in [1.54, 1.807) is 12.3 Å². The molecule has 0 radical (unpaired) electrons. The van der Waals surface area contributed by atoms with Gasteiger partial charge in [0.25, 0.3) is 0 Å². The number of hydroxylamine groups is 1. The van der Waals surface area contributed by atoms with Gasteiger partial charge < -0.3 is 10.1 Å². The molecule has 1 unspecified atom stereocenters. The second kappa shape index (κ2) is 13.6. The summed E-state index contributed by atoms with van der Waals surface area (Å²) in [6.07, 6.45) is 3.28. The molecule has 0 bridgehead atoms. The highest BCUT2D eigenvalue weighted by Crippen LogP contribution is 2.22. The number of nitrogens with zero attached hydrogens (tertiary/aromatic N) is 3. The van der Waals surface area contributed by atoms with Gasteiger partial charge in [0.15, 0.2) is 6.23 Å². The van der Waals surface area contributed by atoms with Gasteiger partial charge in [-0.3, -0.25) is 24.4 Å². The van der Waals surface area contributed by atoms with Crippen molar-refractivity contribution in [1.82, 2.24) is 31.0 Å². The first-order chi connectivity index (χ1) is 18.9. The average molecular weight is 559 g/mol. The zero-order valence-electron chi connectivity index (χ0n) is 21.6. The number of carbonyl (C=O) groups excluding carboxylic acids is 3. The molecule has 1 saturated heterocycles. The van der Waals surface area contributed by atoms with Crippen molar-refractivity contribution in [2.45, 2.75) is 38.7 Å². The SMILES string of the molecule is CC(=O)N(NCc1cccc(F)c1Cl)[C@@H](CC=O)C(ONC(=O)N1C=Cc2ccccc2C1)N1CCNCC1. The third kappa shape index (κ3) is 7.20. The molecule has 0 saturated carbocycles. The fourth-order valence-electron chi connectivity index (χ4n) is 4.65. The lowest BCUT2D eigenvalue weighted by Crippen LogP contribution is -2.62. The van der Waals surface area contributed by atoms with Gasteiger partial charge in [-0.2, -0.15) is 0 Å². The van der Waals surface area contributed by atoms with Crippen LogP contribution in [0, 0.1) is 5.82 Å². The minimum Gasteiger partial charge on any atom is -0.314 e. The summed E-state index contributed by atoms with van der Waals surface area (Å²) in [5.41, 5.74) is 7.99. The van der Waals surface area contributed by atoms with Crippen LogP contribution < -0.4 is 16.2 Å². The third-order valence-corrected chi connectivity index (χ3v) is 7.10. The van der Waals surface area contributed by atoms with E-state index < -0.39 is 24.1 Å². The number of piperazine rings is 1. The largest absolute Gasteiger partial charge is 0.345 e. The Morgan fingerprint density at radius 2 is 1.97 bits per heavy atom. The van der Waals surface area contributed by atoms with Gasteiger partial charge in [0.1, 0.15) is 12.1 Å². The molecule has 2 aliphatic rings. The summed E-state index contributed by atoms with van der Waals surface area (Å²) in [6.45, 7) is 4.21. The topological polar surface area (TPSA) is 106 Å². The van der Waals surface area contributed by atoms with Crippen LogP contribution in [-0.4, -0.2) is 71.5 Å². The molecule has 3 N–H and O–H groups in total. The molecule has 4 rings (SSSR count). The first-order valence-corrected chi connectivity index (χ1v) is 13.1. The maximum absolute atomic E-state index is 14.0. The van der Waals surface area contributed by atoms with Crippen LogP contribution in [-0.2, 0) is 27.5 Å². The van der Waals surface area contributed by atoms with Crippen molar-refractivity contribution >= 4 is 35.9 Å². The average Bonchev–Trinajstić information content (AvgIpc) is 2.95. The van der Waals surface area contributed by atoms with Gasteiger partial charge in [-0.25, -0.2) is 20.1 Å². The van der Waals surface area contributed by atoms with E-state index in [1.807, 2.05) is 35.2 Å². The monoisotopic (exact) mass is 558 g/mol. The molecule has 10 nitrogen and oxygen atoms in total. The summed E-state index contributed by atoms with van der Waals surface area (Å²) in [5.74, 6) is -0.964. The van der Waals surface area contributed by atoms with E-state index >= 15 is 0 Å². The molecule has 208 valence electrons. The lowest BCUT2D eigenvalue weighted by Gasteiger charge is -2.42. The number of hydrogen-bond acceptors (Lipinski definition) is 7. The van der Waals surface area contributed by atoms with Gasteiger partial charge in [0.05, 0.1) is 17.6 Å². The van der Waals surface area contributed by atoms with Crippen molar-refractivity contribution in [2.75, 3.05) is 26.2 Å². The number of amides is 3. The highest BCUT2D eigenvalue weighted by Gasteiger charge is 2.36. The van der Waals surface area contributed by atoms with Gasteiger partial charge in [0.2, 0.25) is 5.91 Å². The summed E-state index contributed by atoms with van der Waals surface area (Å²) in [7, 11) is 0. The van der Waals surface area contributed by atoms with Crippen molar-refractivity contribution in [3.05, 3.63) is 76.2 Å². The Labute approximate surface area is 231 Å². The summed E-state index contributed by atoms with van der Waals surface area (Å²) in [5, 5.41) is 4.49. The molecule has 39 heavy (non-hydrogen) atoms. The molecule has 2 atom stereocenters. The van der Waals surface area contributed by atoms with Crippen LogP contribution in [0.3, 0.4) is 0 Å². The first kappa shape index (κ1) is 28.7. The van der Waals surface area contributed by atoms with Crippen LogP contribution in [0.1, 0.15) is 30.0 Å². The zero-order chi connectivity index (χ0) is 27.8. The van der Waals surface area contributed by atoms with Crippen molar-refractivity contribution in [3.8, 4) is 0 Å². The Hall–Kier alpha value is -3.35.